The van der Waals surface area contributed by atoms with Crippen molar-refractivity contribution in [2.75, 3.05) is 0 Å². The second kappa shape index (κ2) is 11.0. The molecule has 0 aliphatic heterocycles. The number of hydrogen-bond donors (Lipinski definition) is 0. The number of aromatic nitrogens is 4. The second-order valence-corrected chi connectivity index (χ2v) is 9.01. The summed E-state index contributed by atoms with van der Waals surface area (Å²) in [4.78, 5) is 39.7. The molecule has 2 heterocycles. The summed E-state index contributed by atoms with van der Waals surface area (Å²) >= 11 is 12.2. The lowest BCUT2D eigenvalue weighted by atomic mass is 10.2. The Labute approximate surface area is 222 Å². The minimum atomic E-state index is -0.805. The summed E-state index contributed by atoms with van der Waals surface area (Å²) in [6.45, 7) is 0.0319. The summed E-state index contributed by atoms with van der Waals surface area (Å²) in [5, 5.41) is 0.135. The third-order valence-corrected chi connectivity index (χ3v) is 6.32. The van der Waals surface area contributed by atoms with Gasteiger partial charge in [-0.2, -0.15) is 4.98 Å². The smallest absolute Gasteiger partial charge is 0.420 e. The maximum Gasteiger partial charge on any atom is 0.420 e. The number of ether oxygens (including phenoxy) is 2. The van der Waals surface area contributed by atoms with Crippen molar-refractivity contribution in [3.63, 3.8) is 0 Å². The zero-order valence-corrected chi connectivity index (χ0v) is 20.9. The number of allylic oxidation sites excluding steroid dienone is 1. The summed E-state index contributed by atoms with van der Waals surface area (Å²) in [7, 11) is 0. The molecule has 2 aromatic heterocycles. The number of hydrogen-bond acceptors (Lipinski definition) is 7. The van der Waals surface area contributed by atoms with E-state index in [0.717, 1.165) is 16.0 Å². The summed E-state index contributed by atoms with van der Waals surface area (Å²) in [5.74, 6) is 0. The Morgan fingerprint density at radius 2 is 1.49 bits per heavy atom. The minimum Gasteiger partial charge on any atom is -0.444 e. The minimum absolute atomic E-state index is 0.00613. The maximum absolute atomic E-state index is 13.1. The normalized spacial score (nSPS) is 16.6. The van der Waals surface area contributed by atoms with Crippen molar-refractivity contribution in [1.29, 1.82) is 0 Å². The van der Waals surface area contributed by atoms with E-state index in [9.17, 15) is 9.59 Å². The molecule has 1 aliphatic rings. The number of nitrogens with zero attached hydrogens (tertiary/aromatic N) is 5. The Morgan fingerprint density at radius 1 is 0.892 bits per heavy atom. The number of amides is 2. The first-order valence-electron chi connectivity index (χ1n) is 11.4. The van der Waals surface area contributed by atoms with Gasteiger partial charge >= 0.3 is 12.2 Å². The Bertz CT molecular complexity index is 1390. The van der Waals surface area contributed by atoms with E-state index in [2.05, 4.69) is 15.0 Å². The number of fused-ring (bicyclic) bond motifs is 1. The van der Waals surface area contributed by atoms with Crippen LogP contribution in [0.15, 0.2) is 79.1 Å². The summed E-state index contributed by atoms with van der Waals surface area (Å²) in [6.07, 6.45) is 3.94. The van der Waals surface area contributed by atoms with Gasteiger partial charge in [0.25, 0.3) is 0 Å². The van der Waals surface area contributed by atoms with Crippen LogP contribution in [0, 0.1) is 0 Å². The van der Waals surface area contributed by atoms with E-state index >= 15 is 0 Å². The van der Waals surface area contributed by atoms with Gasteiger partial charge in [0.2, 0.25) is 5.28 Å². The quantitative estimate of drug-likeness (QED) is 0.169. The van der Waals surface area contributed by atoms with E-state index in [1.807, 2.05) is 66.7 Å². The number of benzene rings is 2. The van der Waals surface area contributed by atoms with Crippen molar-refractivity contribution in [1.82, 2.24) is 24.4 Å². The lowest BCUT2D eigenvalue weighted by molar-refractivity contribution is 0.0612. The first-order valence-corrected chi connectivity index (χ1v) is 12.2. The maximum atomic E-state index is 13.1. The van der Waals surface area contributed by atoms with Crippen molar-refractivity contribution in [3.8, 4) is 0 Å². The van der Waals surface area contributed by atoms with Crippen molar-refractivity contribution in [2.45, 2.75) is 31.7 Å². The van der Waals surface area contributed by atoms with Crippen LogP contribution in [-0.2, 0) is 22.7 Å². The monoisotopic (exact) mass is 537 g/mol. The van der Waals surface area contributed by atoms with Gasteiger partial charge in [0.1, 0.15) is 18.7 Å². The molecular weight excluding hydrogens is 517 g/mol. The van der Waals surface area contributed by atoms with E-state index < -0.39 is 18.2 Å². The largest absolute Gasteiger partial charge is 0.444 e. The zero-order chi connectivity index (χ0) is 25.8. The van der Waals surface area contributed by atoms with Gasteiger partial charge in [-0.15, -0.1) is 0 Å². The Hall–Kier alpha value is -3.95. The van der Waals surface area contributed by atoms with E-state index in [1.165, 1.54) is 0 Å². The summed E-state index contributed by atoms with van der Waals surface area (Å²) in [6, 6.07) is 17.5. The molecule has 1 aliphatic carbocycles. The molecule has 0 saturated heterocycles. The van der Waals surface area contributed by atoms with E-state index in [4.69, 9.17) is 32.7 Å². The molecule has 188 valence electrons. The van der Waals surface area contributed by atoms with Crippen LogP contribution >= 0.6 is 23.2 Å². The highest BCUT2D eigenvalue weighted by atomic mass is 35.5. The molecule has 0 radical (unpaired) electrons. The van der Waals surface area contributed by atoms with Gasteiger partial charge in [0.05, 0.1) is 18.4 Å². The SMILES string of the molecule is O=C(OCc1ccccc1)N(C(=O)OCc1ccccc1)[C@@H]1C=CC(n2cnc3c(Cl)nc(Cl)nc32)C1. The highest BCUT2D eigenvalue weighted by molar-refractivity contribution is 6.35. The number of imidazole rings is 1. The predicted octanol–water partition coefficient (Wildman–Crippen LogP) is 5.98. The fraction of sp³-hybridized carbons (Fsp3) is 0.192. The lowest BCUT2D eigenvalue weighted by Crippen LogP contribution is -2.44. The first kappa shape index (κ1) is 24.7. The lowest BCUT2D eigenvalue weighted by Gasteiger charge is -2.25. The van der Waals surface area contributed by atoms with Gasteiger partial charge in [-0.3, -0.25) is 0 Å². The molecule has 4 aromatic rings. The first-order chi connectivity index (χ1) is 18.0. The molecule has 2 atom stereocenters. The molecule has 2 aromatic carbocycles. The fourth-order valence-corrected chi connectivity index (χ4v) is 4.50. The molecule has 2 amide bonds. The van der Waals surface area contributed by atoms with Crippen molar-refractivity contribution < 1.29 is 19.1 Å². The molecule has 37 heavy (non-hydrogen) atoms. The van der Waals surface area contributed by atoms with Gasteiger partial charge in [-0.25, -0.2) is 24.5 Å². The third-order valence-electron chi connectivity index (χ3n) is 5.88. The number of imide groups is 1. The second-order valence-electron chi connectivity index (χ2n) is 8.31. The number of carbonyl (C=O) groups excluding carboxylic acids is 2. The molecule has 0 spiro atoms. The molecule has 9 nitrogen and oxygen atoms in total. The molecule has 11 heteroatoms. The van der Waals surface area contributed by atoms with Crippen LogP contribution < -0.4 is 0 Å². The van der Waals surface area contributed by atoms with Gasteiger partial charge in [0, 0.05) is 0 Å². The van der Waals surface area contributed by atoms with Crippen LogP contribution in [0.3, 0.4) is 0 Å². The van der Waals surface area contributed by atoms with Crippen molar-refractivity contribution >= 4 is 46.6 Å². The molecular formula is C26H21Cl2N5O4. The number of carbonyl (C=O) groups is 2. The number of rotatable bonds is 6. The van der Waals surface area contributed by atoms with Crippen LogP contribution in [0.1, 0.15) is 23.6 Å². The Kier molecular flexibility index (Phi) is 7.34. The summed E-state index contributed by atoms with van der Waals surface area (Å²) in [5.41, 5.74) is 2.45. The average molecular weight is 538 g/mol. The summed E-state index contributed by atoms with van der Waals surface area (Å²) < 4.78 is 12.7. The van der Waals surface area contributed by atoms with Crippen molar-refractivity contribution in [3.05, 3.63) is 101 Å². The molecule has 0 bridgehead atoms. The van der Waals surface area contributed by atoms with Crippen LogP contribution in [-0.4, -0.2) is 42.6 Å². The van der Waals surface area contributed by atoms with E-state index in [1.54, 1.807) is 17.0 Å². The molecule has 5 rings (SSSR count). The van der Waals surface area contributed by atoms with Gasteiger partial charge in [-0.1, -0.05) is 84.4 Å². The van der Waals surface area contributed by atoms with Crippen LogP contribution in [0.25, 0.3) is 11.2 Å². The Morgan fingerprint density at radius 3 is 2.08 bits per heavy atom. The molecule has 0 fully saturated rings. The van der Waals surface area contributed by atoms with Crippen LogP contribution in [0.4, 0.5) is 9.59 Å². The molecule has 0 N–H and O–H groups in total. The fourth-order valence-electron chi connectivity index (χ4n) is 4.08. The Balaban J connectivity index is 1.35. The molecule has 1 unspecified atom stereocenters. The van der Waals surface area contributed by atoms with E-state index in [0.29, 0.717) is 17.6 Å². The van der Waals surface area contributed by atoms with Gasteiger partial charge < -0.3 is 14.0 Å². The third kappa shape index (κ3) is 5.58. The van der Waals surface area contributed by atoms with Gasteiger partial charge in [0.15, 0.2) is 10.8 Å². The van der Waals surface area contributed by atoms with Gasteiger partial charge in [-0.05, 0) is 29.1 Å². The standard InChI is InChI=1S/C26H21Cl2N5O4/c27-22-21-23(31-24(28)30-22)32(16-29-21)19-11-12-20(13-19)33(25(34)36-14-17-7-3-1-4-8-17)26(35)37-15-18-9-5-2-6-10-18/h1-12,16,19-20H,13-15H2/t19?,20-/m1/s1. The predicted molar refractivity (Wildman–Crippen MR) is 137 cm³/mol. The topological polar surface area (TPSA) is 99.4 Å². The van der Waals surface area contributed by atoms with Crippen molar-refractivity contribution in [2.24, 2.45) is 0 Å². The highest BCUT2D eigenvalue weighted by Crippen LogP contribution is 2.31. The van der Waals surface area contributed by atoms with Crippen LogP contribution in [0.5, 0.6) is 0 Å². The average Bonchev–Trinajstić information content (AvgIpc) is 3.55. The molecule has 0 saturated carbocycles. The van der Waals surface area contributed by atoms with Crippen LogP contribution in [0.2, 0.25) is 10.4 Å². The highest BCUT2D eigenvalue weighted by Gasteiger charge is 2.36. The number of halogens is 2. The zero-order valence-electron chi connectivity index (χ0n) is 19.4. The van der Waals surface area contributed by atoms with E-state index in [-0.39, 0.29) is 29.7 Å².